The molecule has 1 aromatic carbocycles. The number of aliphatic hydroxyl groups excluding tert-OH is 1. The number of hydrogen-bond donors (Lipinski definition) is 2. The van der Waals surface area contributed by atoms with E-state index in [1.54, 1.807) is 0 Å². The van der Waals surface area contributed by atoms with Crippen LogP contribution in [0, 0.1) is 0 Å². The van der Waals surface area contributed by atoms with E-state index in [1.165, 1.54) is 5.56 Å². The monoisotopic (exact) mass is 237 g/mol. The van der Waals surface area contributed by atoms with Gasteiger partial charge in [-0.05, 0) is 30.5 Å². The van der Waals surface area contributed by atoms with Crippen LogP contribution in [-0.4, -0.2) is 24.4 Å². The largest absolute Gasteiger partial charge is 0.494 e. The average molecular weight is 237 g/mol. The van der Waals surface area contributed by atoms with Crippen LogP contribution >= 0.6 is 0 Å². The molecule has 0 heterocycles. The minimum atomic E-state index is -0.255. The fourth-order valence-corrected chi connectivity index (χ4v) is 1.49. The molecule has 0 bridgehead atoms. The molecule has 0 fully saturated rings. The van der Waals surface area contributed by atoms with Gasteiger partial charge in [-0.3, -0.25) is 0 Å². The smallest absolute Gasteiger partial charge is 0.119 e. The quantitative estimate of drug-likeness (QED) is 0.729. The van der Waals surface area contributed by atoms with E-state index in [0.717, 1.165) is 31.7 Å². The van der Waals surface area contributed by atoms with Crippen LogP contribution in [0.5, 0.6) is 5.75 Å². The highest BCUT2D eigenvalue weighted by Crippen LogP contribution is 2.13. The van der Waals surface area contributed by atoms with Gasteiger partial charge in [0.2, 0.25) is 0 Å². The van der Waals surface area contributed by atoms with Crippen molar-refractivity contribution in [2.45, 2.75) is 39.3 Å². The summed E-state index contributed by atoms with van der Waals surface area (Å²) in [6, 6.07) is 8.07. The number of hydrogen-bond acceptors (Lipinski definition) is 3. The van der Waals surface area contributed by atoms with E-state index in [2.05, 4.69) is 18.3 Å². The van der Waals surface area contributed by atoms with Crippen LogP contribution < -0.4 is 10.1 Å². The molecule has 0 saturated heterocycles. The summed E-state index contributed by atoms with van der Waals surface area (Å²) in [5.41, 5.74) is 1.18. The van der Waals surface area contributed by atoms with E-state index in [-0.39, 0.29) is 6.10 Å². The molecular weight excluding hydrogens is 214 g/mol. The molecule has 0 amide bonds. The van der Waals surface area contributed by atoms with Gasteiger partial charge in [-0.15, -0.1) is 0 Å². The molecular formula is C14H23NO2. The number of ether oxygens (including phenoxy) is 1. The lowest BCUT2D eigenvalue weighted by atomic mass is 10.2. The van der Waals surface area contributed by atoms with E-state index in [0.29, 0.717) is 6.54 Å². The summed E-state index contributed by atoms with van der Waals surface area (Å²) in [4.78, 5) is 0. The maximum Gasteiger partial charge on any atom is 0.119 e. The van der Waals surface area contributed by atoms with E-state index in [4.69, 9.17) is 4.74 Å². The molecule has 1 rings (SSSR count). The second-order valence-electron chi connectivity index (χ2n) is 4.19. The van der Waals surface area contributed by atoms with Crippen molar-refractivity contribution < 1.29 is 9.84 Å². The van der Waals surface area contributed by atoms with E-state index < -0.39 is 0 Å². The normalized spacial score (nSPS) is 12.4. The first-order valence-electron chi connectivity index (χ1n) is 6.36. The fraction of sp³-hybridized carbons (Fsp3) is 0.571. The lowest BCUT2D eigenvalue weighted by molar-refractivity contribution is 0.167. The molecule has 17 heavy (non-hydrogen) atoms. The zero-order chi connectivity index (χ0) is 12.5. The molecule has 0 aliphatic carbocycles. The maximum absolute atomic E-state index is 9.42. The second kappa shape index (κ2) is 8.09. The summed E-state index contributed by atoms with van der Waals surface area (Å²) in [6.45, 7) is 6.23. The predicted molar refractivity (Wildman–Crippen MR) is 70.2 cm³/mol. The Morgan fingerprint density at radius 3 is 2.88 bits per heavy atom. The van der Waals surface area contributed by atoms with Crippen LogP contribution in [0.4, 0.5) is 0 Å². The zero-order valence-electron chi connectivity index (χ0n) is 10.8. The zero-order valence-corrected chi connectivity index (χ0v) is 10.8. The number of rotatable bonds is 8. The van der Waals surface area contributed by atoms with Gasteiger partial charge in [0.15, 0.2) is 0 Å². The first-order chi connectivity index (χ1) is 8.26. The summed E-state index contributed by atoms with van der Waals surface area (Å²) in [5.74, 6) is 0.919. The molecule has 0 aliphatic rings. The molecule has 0 spiro atoms. The summed E-state index contributed by atoms with van der Waals surface area (Å²) in [6.07, 6.45) is 1.55. The Morgan fingerprint density at radius 2 is 2.18 bits per heavy atom. The van der Waals surface area contributed by atoms with Gasteiger partial charge in [0.1, 0.15) is 5.75 Å². The van der Waals surface area contributed by atoms with Crippen LogP contribution in [0.2, 0.25) is 0 Å². The highest BCUT2D eigenvalue weighted by Gasteiger charge is 2.00. The predicted octanol–water partition coefficient (Wildman–Crippen LogP) is 2.34. The third kappa shape index (κ3) is 5.71. The lowest BCUT2D eigenvalue weighted by Crippen LogP contribution is -2.25. The highest BCUT2D eigenvalue weighted by atomic mass is 16.5. The summed E-state index contributed by atoms with van der Waals surface area (Å²) < 4.78 is 5.57. The minimum Gasteiger partial charge on any atom is -0.494 e. The Morgan fingerprint density at radius 1 is 1.35 bits per heavy atom. The standard InChI is InChI=1S/C14H23NO2/c1-3-8-17-14-7-5-6-12(9-14)10-15-11-13(16)4-2/h5-7,9,13,15-16H,3-4,8,10-11H2,1-2H3. The summed E-state index contributed by atoms with van der Waals surface area (Å²) >= 11 is 0. The van der Waals surface area contributed by atoms with Crippen LogP contribution in [-0.2, 0) is 6.54 Å². The van der Waals surface area contributed by atoms with Crippen molar-refractivity contribution >= 4 is 0 Å². The number of benzene rings is 1. The van der Waals surface area contributed by atoms with Gasteiger partial charge in [-0.25, -0.2) is 0 Å². The summed E-state index contributed by atoms with van der Waals surface area (Å²) in [7, 11) is 0. The van der Waals surface area contributed by atoms with Crippen molar-refractivity contribution in [3.05, 3.63) is 29.8 Å². The SMILES string of the molecule is CCCOc1cccc(CNCC(O)CC)c1. The van der Waals surface area contributed by atoms with Crippen molar-refractivity contribution in [2.75, 3.05) is 13.2 Å². The van der Waals surface area contributed by atoms with Gasteiger partial charge in [-0.2, -0.15) is 0 Å². The molecule has 2 N–H and O–H groups in total. The van der Waals surface area contributed by atoms with Crippen LogP contribution in [0.3, 0.4) is 0 Å². The van der Waals surface area contributed by atoms with Crippen LogP contribution in [0.1, 0.15) is 32.3 Å². The van der Waals surface area contributed by atoms with Crippen molar-refractivity contribution in [3.63, 3.8) is 0 Å². The maximum atomic E-state index is 9.42. The van der Waals surface area contributed by atoms with Gasteiger partial charge < -0.3 is 15.2 Å². The Labute approximate surface area is 104 Å². The topological polar surface area (TPSA) is 41.5 Å². The third-order valence-electron chi connectivity index (χ3n) is 2.55. The molecule has 3 heteroatoms. The third-order valence-corrected chi connectivity index (χ3v) is 2.55. The van der Waals surface area contributed by atoms with Gasteiger partial charge in [0, 0.05) is 13.1 Å². The van der Waals surface area contributed by atoms with Gasteiger partial charge in [0.25, 0.3) is 0 Å². The Kier molecular flexibility index (Phi) is 6.67. The molecule has 0 saturated carbocycles. The Hall–Kier alpha value is -1.06. The molecule has 3 nitrogen and oxygen atoms in total. The van der Waals surface area contributed by atoms with Crippen molar-refractivity contribution in [1.82, 2.24) is 5.32 Å². The van der Waals surface area contributed by atoms with Gasteiger partial charge in [0.05, 0.1) is 12.7 Å². The van der Waals surface area contributed by atoms with Crippen molar-refractivity contribution in [2.24, 2.45) is 0 Å². The molecule has 1 atom stereocenters. The molecule has 0 aliphatic heterocycles. The first kappa shape index (κ1) is 14.0. The molecule has 1 unspecified atom stereocenters. The molecule has 0 radical (unpaired) electrons. The van der Waals surface area contributed by atoms with Gasteiger partial charge in [-0.1, -0.05) is 26.0 Å². The van der Waals surface area contributed by atoms with Crippen LogP contribution in [0.15, 0.2) is 24.3 Å². The minimum absolute atomic E-state index is 0.255. The lowest BCUT2D eigenvalue weighted by Gasteiger charge is -2.10. The average Bonchev–Trinajstić information content (AvgIpc) is 2.36. The number of aliphatic hydroxyl groups is 1. The van der Waals surface area contributed by atoms with Crippen molar-refractivity contribution in [3.8, 4) is 5.75 Å². The second-order valence-corrected chi connectivity index (χ2v) is 4.19. The Bertz CT molecular complexity index is 315. The highest BCUT2D eigenvalue weighted by molar-refractivity contribution is 5.28. The summed E-state index contributed by atoms with van der Waals surface area (Å²) in [5, 5.41) is 12.6. The van der Waals surface area contributed by atoms with E-state index >= 15 is 0 Å². The molecule has 96 valence electrons. The van der Waals surface area contributed by atoms with Gasteiger partial charge >= 0.3 is 0 Å². The van der Waals surface area contributed by atoms with E-state index in [1.807, 2.05) is 25.1 Å². The Balaban J connectivity index is 2.37. The van der Waals surface area contributed by atoms with E-state index in [9.17, 15) is 5.11 Å². The fourth-order valence-electron chi connectivity index (χ4n) is 1.49. The molecule has 0 aromatic heterocycles. The number of nitrogens with one attached hydrogen (secondary N) is 1. The van der Waals surface area contributed by atoms with Crippen LogP contribution in [0.25, 0.3) is 0 Å². The van der Waals surface area contributed by atoms with Crippen molar-refractivity contribution in [1.29, 1.82) is 0 Å². The first-order valence-corrected chi connectivity index (χ1v) is 6.36. The molecule has 1 aromatic rings.